The van der Waals surface area contributed by atoms with Gasteiger partial charge in [-0.15, -0.1) is 0 Å². The van der Waals surface area contributed by atoms with Crippen LogP contribution in [0.25, 0.3) is 0 Å². The maximum absolute atomic E-state index is 12.8. The summed E-state index contributed by atoms with van der Waals surface area (Å²) >= 11 is 0. The first-order valence-electron chi connectivity index (χ1n) is 27.1. The monoisotopic (exact) mass is 863 g/mol. The zero-order valence-corrected chi connectivity index (χ0v) is 42.0. The van der Waals surface area contributed by atoms with Crippen LogP contribution in [-0.2, 0) is 28.6 Å². The molecule has 0 aromatic rings. The van der Waals surface area contributed by atoms with Crippen LogP contribution in [-0.4, -0.2) is 37.2 Å². The number of esters is 3. The fraction of sp³-hybridized carbons (Fsp3) is 0.945. The second-order valence-electron chi connectivity index (χ2n) is 20.3. The maximum Gasteiger partial charge on any atom is 0.306 e. The molecule has 6 nitrogen and oxygen atoms in total. The standard InChI is InChI=1S/C55H106O6/c1-49(2)41-35-29-23-17-13-11-9-7-8-10-12-14-20-26-32-38-44-53(56)59-47-52(61-55(58)46-40-34-28-22-16-19-25-31-37-43-51(5)6)48-60-54(57)45-39-33-27-21-15-18-24-30-36-42-50(3)4/h49-52H,7-48H2,1-6H3/t52-/m1/s1. The number of unbranched alkanes of at least 4 members (excludes halogenated alkanes) is 31. The van der Waals surface area contributed by atoms with Crippen molar-refractivity contribution < 1.29 is 28.6 Å². The average molecular weight is 863 g/mol. The largest absolute Gasteiger partial charge is 0.462 e. The highest BCUT2D eigenvalue weighted by atomic mass is 16.6. The Balaban J connectivity index is 4.26. The molecule has 0 aliphatic rings. The van der Waals surface area contributed by atoms with Crippen molar-refractivity contribution in [3.63, 3.8) is 0 Å². The minimum atomic E-state index is -0.763. The van der Waals surface area contributed by atoms with Crippen LogP contribution in [0.15, 0.2) is 0 Å². The van der Waals surface area contributed by atoms with Crippen molar-refractivity contribution in [2.24, 2.45) is 17.8 Å². The van der Waals surface area contributed by atoms with Crippen LogP contribution in [0.4, 0.5) is 0 Å². The molecule has 0 radical (unpaired) electrons. The molecule has 362 valence electrons. The SMILES string of the molecule is CC(C)CCCCCCCCCCCCCCCCCCC(=O)OC[C@H](COC(=O)CCCCCCCCCCCC(C)C)OC(=O)CCCCCCCCCCCC(C)C. The Labute approximate surface area is 380 Å². The molecule has 0 amide bonds. The number of ether oxygens (including phenoxy) is 3. The predicted molar refractivity (Wildman–Crippen MR) is 261 cm³/mol. The van der Waals surface area contributed by atoms with Crippen LogP contribution in [0, 0.1) is 17.8 Å². The topological polar surface area (TPSA) is 78.9 Å². The van der Waals surface area contributed by atoms with Crippen LogP contribution in [0.2, 0.25) is 0 Å². The molecule has 0 fully saturated rings. The highest BCUT2D eigenvalue weighted by Crippen LogP contribution is 2.18. The smallest absolute Gasteiger partial charge is 0.306 e. The van der Waals surface area contributed by atoms with Gasteiger partial charge in [-0.25, -0.2) is 0 Å². The minimum absolute atomic E-state index is 0.0646. The maximum atomic E-state index is 12.8. The third-order valence-corrected chi connectivity index (χ3v) is 12.4. The highest BCUT2D eigenvalue weighted by Gasteiger charge is 2.19. The average Bonchev–Trinajstić information content (AvgIpc) is 3.22. The van der Waals surface area contributed by atoms with E-state index >= 15 is 0 Å². The van der Waals surface area contributed by atoms with E-state index in [2.05, 4.69) is 41.5 Å². The fourth-order valence-electron chi connectivity index (χ4n) is 8.29. The zero-order chi connectivity index (χ0) is 44.9. The summed E-state index contributed by atoms with van der Waals surface area (Å²) in [6, 6.07) is 0. The van der Waals surface area contributed by atoms with Crippen molar-refractivity contribution >= 4 is 17.9 Å². The number of hydrogen-bond acceptors (Lipinski definition) is 6. The molecule has 0 heterocycles. The van der Waals surface area contributed by atoms with Gasteiger partial charge in [0.2, 0.25) is 0 Å². The van der Waals surface area contributed by atoms with E-state index in [-0.39, 0.29) is 31.1 Å². The second kappa shape index (κ2) is 46.4. The molecule has 6 heteroatoms. The summed E-state index contributed by atoms with van der Waals surface area (Å²) in [5.74, 6) is 1.62. The predicted octanol–water partition coefficient (Wildman–Crippen LogP) is 17.6. The minimum Gasteiger partial charge on any atom is -0.462 e. The summed E-state index contributed by atoms with van der Waals surface area (Å²) in [5, 5.41) is 0. The van der Waals surface area contributed by atoms with Crippen LogP contribution in [0.5, 0.6) is 0 Å². The third kappa shape index (κ3) is 49.3. The van der Waals surface area contributed by atoms with E-state index < -0.39 is 6.10 Å². The van der Waals surface area contributed by atoms with Crippen LogP contribution in [0.3, 0.4) is 0 Å². The van der Waals surface area contributed by atoms with Crippen LogP contribution >= 0.6 is 0 Å². The Kier molecular flexibility index (Phi) is 45.2. The Bertz CT molecular complexity index is 945. The summed E-state index contributed by atoms with van der Waals surface area (Å²) in [6.07, 6.45) is 46.7. The van der Waals surface area contributed by atoms with Crippen molar-refractivity contribution in [1.29, 1.82) is 0 Å². The molecule has 1 atom stereocenters. The lowest BCUT2D eigenvalue weighted by molar-refractivity contribution is -0.167. The van der Waals surface area contributed by atoms with Gasteiger partial charge in [0.05, 0.1) is 0 Å². The molecule has 0 aromatic carbocycles. The van der Waals surface area contributed by atoms with E-state index in [9.17, 15) is 14.4 Å². The zero-order valence-electron chi connectivity index (χ0n) is 42.0. The number of carbonyl (C=O) groups excluding carboxylic acids is 3. The lowest BCUT2D eigenvalue weighted by Crippen LogP contribution is -2.30. The summed E-state index contributed by atoms with van der Waals surface area (Å²) in [5.41, 5.74) is 0. The quantitative estimate of drug-likeness (QED) is 0.0344. The molecule has 0 rings (SSSR count). The highest BCUT2D eigenvalue weighted by molar-refractivity contribution is 5.71. The molecular formula is C55H106O6. The molecule has 0 bridgehead atoms. The van der Waals surface area contributed by atoms with Gasteiger partial charge in [0.1, 0.15) is 13.2 Å². The first-order chi connectivity index (χ1) is 29.6. The van der Waals surface area contributed by atoms with Gasteiger partial charge >= 0.3 is 17.9 Å². The van der Waals surface area contributed by atoms with E-state index in [4.69, 9.17) is 14.2 Å². The van der Waals surface area contributed by atoms with E-state index in [1.54, 1.807) is 0 Å². The van der Waals surface area contributed by atoms with Gasteiger partial charge in [0.25, 0.3) is 0 Å². The summed E-state index contributed by atoms with van der Waals surface area (Å²) < 4.78 is 16.8. The summed E-state index contributed by atoms with van der Waals surface area (Å²) in [7, 11) is 0. The molecule has 0 saturated carbocycles. The second-order valence-corrected chi connectivity index (χ2v) is 20.3. The van der Waals surface area contributed by atoms with Gasteiger partial charge in [-0.3, -0.25) is 14.4 Å². The molecule has 0 aliphatic carbocycles. The Morgan fingerprint density at radius 1 is 0.279 bits per heavy atom. The van der Waals surface area contributed by atoms with Crippen LogP contribution < -0.4 is 0 Å². The number of rotatable bonds is 48. The lowest BCUT2D eigenvalue weighted by Gasteiger charge is -2.18. The first kappa shape index (κ1) is 59.4. The summed E-state index contributed by atoms with van der Waals surface area (Å²) in [6.45, 7) is 13.7. The third-order valence-electron chi connectivity index (χ3n) is 12.4. The van der Waals surface area contributed by atoms with Crippen LogP contribution in [0.1, 0.15) is 298 Å². The van der Waals surface area contributed by atoms with Gasteiger partial charge < -0.3 is 14.2 Å². The van der Waals surface area contributed by atoms with Crippen molar-refractivity contribution in [3.8, 4) is 0 Å². The molecule has 0 aromatic heterocycles. The van der Waals surface area contributed by atoms with Gasteiger partial charge in [-0.2, -0.15) is 0 Å². The van der Waals surface area contributed by atoms with Crippen molar-refractivity contribution in [2.45, 2.75) is 304 Å². The Hall–Kier alpha value is -1.59. The fourth-order valence-corrected chi connectivity index (χ4v) is 8.29. The van der Waals surface area contributed by atoms with Crippen molar-refractivity contribution in [3.05, 3.63) is 0 Å². The molecule has 0 aliphatic heterocycles. The molecule has 0 spiro atoms. The first-order valence-corrected chi connectivity index (χ1v) is 27.1. The molecule has 61 heavy (non-hydrogen) atoms. The summed E-state index contributed by atoms with van der Waals surface area (Å²) in [4.78, 5) is 38.0. The van der Waals surface area contributed by atoms with Crippen molar-refractivity contribution in [1.82, 2.24) is 0 Å². The van der Waals surface area contributed by atoms with E-state index in [1.165, 1.54) is 180 Å². The van der Waals surface area contributed by atoms with Gasteiger partial charge in [-0.1, -0.05) is 260 Å². The Morgan fingerprint density at radius 3 is 0.705 bits per heavy atom. The number of carbonyl (C=O) groups is 3. The molecule has 0 N–H and O–H groups in total. The normalized spacial score (nSPS) is 12.1. The van der Waals surface area contributed by atoms with Gasteiger partial charge in [-0.05, 0) is 37.0 Å². The Morgan fingerprint density at radius 2 is 0.475 bits per heavy atom. The van der Waals surface area contributed by atoms with E-state index in [0.717, 1.165) is 75.5 Å². The van der Waals surface area contributed by atoms with Crippen molar-refractivity contribution in [2.75, 3.05) is 13.2 Å². The molecule has 0 unspecified atom stereocenters. The molecular weight excluding hydrogens is 757 g/mol. The van der Waals surface area contributed by atoms with Gasteiger partial charge in [0, 0.05) is 19.3 Å². The lowest BCUT2D eigenvalue weighted by atomic mass is 10.0. The van der Waals surface area contributed by atoms with Gasteiger partial charge in [0.15, 0.2) is 6.10 Å². The van der Waals surface area contributed by atoms with E-state index in [0.29, 0.717) is 19.3 Å². The van der Waals surface area contributed by atoms with E-state index in [1.807, 2.05) is 0 Å². The number of hydrogen-bond donors (Lipinski definition) is 0. The molecule has 0 saturated heterocycles.